The first kappa shape index (κ1) is 15.8. The molecule has 5 nitrogen and oxygen atoms in total. The van der Waals surface area contributed by atoms with Crippen molar-refractivity contribution in [3.8, 4) is 0 Å². The van der Waals surface area contributed by atoms with E-state index in [1.807, 2.05) is 19.2 Å². The summed E-state index contributed by atoms with van der Waals surface area (Å²) >= 11 is 0. The van der Waals surface area contributed by atoms with Crippen LogP contribution in [-0.2, 0) is 4.74 Å². The standard InChI is InChI=1S/C16H25N3O2/c1-3-10-17-15-9-6-8-14(18-15)16(20)19(2)12-13-7-4-5-11-21-13/h6,8-9,13H,3-5,7,10-12H2,1-2H3,(H,17,18). The van der Waals surface area contributed by atoms with Gasteiger partial charge < -0.3 is 15.0 Å². The van der Waals surface area contributed by atoms with Gasteiger partial charge in [-0.3, -0.25) is 4.79 Å². The highest BCUT2D eigenvalue weighted by Gasteiger charge is 2.20. The second-order valence-electron chi connectivity index (χ2n) is 5.51. The molecular weight excluding hydrogens is 266 g/mol. The van der Waals surface area contributed by atoms with E-state index in [2.05, 4.69) is 17.2 Å². The first-order valence-corrected chi connectivity index (χ1v) is 7.78. The number of aromatic nitrogens is 1. The zero-order valence-corrected chi connectivity index (χ0v) is 13.0. The number of likely N-dealkylation sites (N-methyl/N-ethyl adjacent to an activating group) is 1. The lowest BCUT2D eigenvalue weighted by molar-refractivity contribution is -0.000286. The van der Waals surface area contributed by atoms with Crippen LogP contribution in [0.1, 0.15) is 43.1 Å². The Morgan fingerprint density at radius 1 is 1.48 bits per heavy atom. The molecule has 1 aromatic rings. The molecule has 1 aliphatic heterocycles. The second kappa shape index (κ2) is 7.98. The molecule has 0 spiro atoms. The molecular formula is C16H25N3O2. The van der Waals surface area contributed by atoms with E-state index < -0.39 is 0 Å². The molecule has 0 aromatic carbocycles. The fraction of sp³-hybridized carbons (Fsp3) is 0.625. The van der Waals surface area contributed by atoms with Gasteiger partial charge in [0, 0.05) is 26.7 Å². The van der Waals surface area contributed by atoms with Gasteiger partial charge in [-0.05, 0) is 37.8 Å². The summed E-state index contributed by atoms with van der Waals surface area (Å²) < 4.78 is 5.68. The predicted octanol–water partition coefficient (Wildman–Crippen LogP) is 2.54. The van der Waals surface area contributed by atoms with Gasteiger partial charge in [-0.1, -0.05) is 13.0 Å². The minimum absolute atomic E-state index is 0.0516. The van der Waals surface area contributed by atoms with Crippen molar-refractivity contribution in [2.45, 2.75) is 38.7 Å². The van der Waals surface area contributed by atoms with Crippen molar-refractivity contribution in [2.24, 2.45) is 0 Å². The molecule has 21 heavy (non-hydrogen) atoms. The Balaban J connectivity index is 1.94. The molecule has 1 saturated heterocycles. The van der Waals surface area contributed by atoms with Crippen LogP contribution in [0.15, 0.2) is 18.2 Å². The van der Waals surface area contributed by atoms with E-state index in [9.17, 15) is 4.79 Å². The van der Waals surface area contributed by atoms with E-state index in [0.717, 1.165) is 38.2 Å². The minimum atomic E-state index is -0.0516. The van der Waals surface area contributed by atoms with Crippen molar-refractivity contribution in [3.05, 3.63) is 23.9 Å². The lowest BCUT2D eigenvalue weighted by atomic mass is 10.1. The summed E-state index contributed by atoms with van der Waals surface area (Å²) in [6, 6.07) is 5.51. The monoisotopic (exact) mass is 291 g/mol. The molecule has 1 fully saturated rings. The number of rotatable bonds is 6. The van der Waals surface area contributed by atoms with E-state index in [4.69, 9.17) is 4.74 Å². The van der Waals surface area contributed by atoms with Gasteiger partial charge in [0.2, 0.25) is 0 Å². The van der Waals surface area contributed by atoms with Crippen molar-refractivity contribution >= 4 is 11.7 Å². The van der Waals surface area contributed by atoms with Gasteiger partial charge in [-0.15, -0.1) is 0 Å². The Kier molecular flexibility index (Phi) is 5.99. The van der Waals surface area contributed by atoms with E-state index in [1.165, 1.54) is 6.42 Å². The molecule has 2 heterocycles. The largest absolute Gasteiger partial charge is 0.376 e. The van der Waals surface area contributed by atoms with E-state index in [1.54, 1.807) is 11.0 Å². The molecule has 1 atom stereocenters. The molecule has 116 valence electrons. The van der Waals surface area contributed by atoms with Gasteiger partial charge in [0.1, 0.15) is 11.5 Å². The van der Waals surface area contributed by atoms with Crippen molar-refractivity contribution < 1.29 is 9.53 Å². The number of hydrogen-bond acceptors (Lipinski definition) is 4. The highest BCUT2D eigenvalue weighted by Crippen LogP contribution is 2.14. The van der Waals surface area contributed by atoms with Crippen LogP contribution in [0.4, 0.5) is 5.82 Å². The SMILES string of the molecule is CCCNc1cccc(C(=O)N(C)CC2CCCCO2)n1. The quantitative estimate of drug-likeness (QED) is 0.875. The van der Waals surface area contributed by atoms with Crippen LogP contribution in [0.5, 0.6) is 0 Å². The molecule has 2 rings (SSSR count). The van der Waals surface area contributed by atoms with Crippen molar-refractivity contribution in [3.63, 3.8) is 0 Å². The fourth-order valence-electron chi connectivity index (χ4n) is 2.44. The summed E-state index contributed by atoms with van der Waals surface area (Å²) in [5.74, 6) is 0.703. The first-order chi connectivity index (χ1) is 10.2. The molecule has 1 aliphatic rings. The highest BCUT2D eigenvalue weighted by atomic mass is 16.5. The number of nitrogens with zero attached hydrogens (tertiary/aromatic N) is 2. The predicted molar refractivity (Wildman–Crippen MR) is 83.6 cm³/mol. The minimum Gasteiger partial charge on any atom is -0.376 e. The maximum Gasteiger partial charge on any atom is 0.272 e. The molecule has 1 aromatic heterocycles. The molecule has 1 unspecified atom stereocenters. The molecule has 0 aliphatic carbocycles. The average Bonchev–Trinajstić information content (AvgIpc) is 2.53. The van der Waals surface area contributed by atoms with Gasteiger partial charge >= 0.3 is 0 Å². The summed E-state index contributed by atoms with van der Waals surface area (Å²) in [6.45, 7) is 4.39. The van der Waals surface area contributed by atoms with Gasteiger partial charge in [0.15, 0.2) is 0 Å². The third kappa shape index (κ3) is 4.70. The molecule has 0 saturated carbocycles. The Morgan fingerprint density at radius 2 is 2.33 bits per heavy atom. The fourth-order valence-corrected chi connectivity index (χ4v) is 2.44. The Morgan fingerprint density at radius 3 is 3.05 bits per heavy atom. The number of nitrogens with one attached hydrogen (secondary N) is 1. The average molecular weight is 291 g/mol. The van der Waals surface area contributed by atoms with Gasteiger partial charge in [-0.2, -0.15) is 0 Å². The molecule has 0 bridgehead atoms. The van der Waals surface area contributed by atoms with Crippen LogP contribution in [0.2, 0.25) is 0 Å². The van der Waals surface area contributed by atoms with Crippen LogP contribution in [0.3, 0.4) is 0 Å². The van der Waals surface area contributed by atoms with Crippen molar-refractivity contribution in [1.82, 2.24) is 9.88 Å². The van der Waals surface area contributed by atoms with Crippen LogP contribution < -0.4 is 5.32 Å². The molecule has 0 radical (unpaired) electrons. The lowest BCUT2D eigenvalue weighted by Gasteiger charge is -2.27. The number of carbonyl (C=O) groups excluding carboxylic acids is 1. The number of hydrogen-bond donors (Lipinski definition) is 1. The van der Waals surface area contributed by atoms with Crippen LogP contribution in [0.25, 0.3) is 0 Å². The highest BCUT2D eigenvalue weighted by molar-refractivity contribution is 5.92. The topological polar surface area (TPSA) is 54.5 Å². The summed E-state index contributed by atoms with van der Waals surface area (Å²) in [5, 5.41) is 3.20. The Bertz CT molecular complexity index is 459. The summed E-state index contributed by atoms with van der Waals surface area (Å²) in [4.78, 5) is 18.5. The van der Waals surface area contributed by atoms with E-state index in [-0.39, 0.29) is 12.0 Å². The van der Waals surface area contributed by atoms with Gasteiger partial charge in [-0.25, -0.2) is 4.98 Å². The maximum atomic E-state index is 12.4. The van der Waals surface area contributed by atoms with Gasteiger partial charge in [0.05, 0.1) is 6.10 Å². The third-order valence-electron chi connectivity index (χ3n) is 3.62. The van der Waals surface area contributed by atoms with E-state index >= 15 is 0 Å². The Labute approximate surface area is 126 Å². The smallest absolute Gasteiger partial charge is 0.272 e. The zero-order valence-electron chi connectivity index (χ0n) is 13.0. The van der Waals surface area contributed by atoms with Crippen molar-refractivity contribution in [2.75, 3.05) is 32.1 Å². The number of pyridine rings is 1. The normalized spacial score (nSPS) is 18.3. The molecule has 1 amide bonds. The maximum absolute atomic E-state index is 12.4. The van der Waals surface area contributed by atoms with Crippen LogP contribution >= 0.6 is 0 Å². The van der Waals surface area contributed by atoms with Crippen molar-refractivity contribution in [1.29, 1.82) is 0 Å². The second-order valence-corrected chi connectivity index (χ2v) is 5.51. The zero-order chi connectivity index (χ0) is 15.1. The number of carbonyl (C=O) groups is 1. The van der Waals surface area contributed by atoms with Crippen LogP contribution in [-0.4, -0.2) is 48.6 Å². The van der Waals surface area contributed by atoms with Crippen LogP contribution in [0, 0.1) is 0 Å². The third-order valence-corrected chi connectivity index (χ3v) is 3.62. The number of ether oxygens (including phenoxy) is 1. The lowest BCUT2D eigenvalue weighted by Crippen LogP contribution is -2.37. The molecule has 5 heteroatoms. The Hall–Kier alpha value is -1.62. The summed E-state index contributed by atoms with van der Waals surface area (Å²) in [7, 11) is 1.81. The van der Waals surface area contributed by atoms with Gasteiger partial charge in [0.25, 0.3) is 5.91 Å². The molecule has 1 N–H and O–H groups in total. The first-order valence-electron chi connectivity index (χ1n) is 7.78. The van der Waals surface area contributed by atoms with E-state index in [0.29, 0.717) is 12.2 Å². The number of anilines is 1. The summed E-state index contributed by atoms with van der Waals surface area (Å²) in [5.41, 5.74) is 0.481. The summed E-state index contributed by atoms with van der Waals surface area (Å²) in [6.07, 6.45) is 4.53. The number of amides is 1.